The minimum atomic E-state index is -3.04. The topological polar surface area (TPSA) is 72.2 Å². The van der Waals surface area contributed by atoms with E-state index in [1.54, 1.807) is 6.07 Å². The van der Waals surface area contributed by atoms with Crippen LogP contribution in [0, 0.1) is 0 Å². The number of rotatable bonds is 4. The lowest BCUT2D eigenvalue weighted by Crippen LogP contribution is -2.19. The van der Waals surface area contributed by atoms with Crippen molar-refractivity contribution in [3.8, 4) is 0 Å². The molecule has 1 aliphatic heterocycles. The predicted octanol–water partition coefficient (Wildman–Crippen LogP) is 1.56. The van der Waals surface area contributed by atoms with Crippen molar-refractivity contribution in [3.05, 3.63) is 23.8 Å². The molecule has 0 aromatic heterocycles. The molecule has 4 nitrogen and oxygen atoms in total. The first kappa shape index (κ1) is 13.4. The maximum Gasteiger partial charge on any atom is 0.178 e. The number of hydrogen-bond donors (Lipinski definition) is 2. The van der Waals surface area contributed by atoms with Crippen LogP contribution >= 0.6 is 0 Å². The Bertz CT molecular complexity index is 524. The zero-order valence-electron chi connectivity index (χ0n) is 10.6. The summed E-state index contributed by atoms with van der Waals surface area (Å²) >= 11 is 0. The molecule has 5 heteroatoms. The van der Waals surface area contributed by atoms with Crippen LogP contribution in [0.5, 0.6) is 0 Å². The number of nitrogens with one attached hydrogen (secondary N) is 1. The van der Waals surface area contributed by atoms with Crippen molar-refractivity contribution >= 4 is 15.5 Å². The average molecular weight is 268 g/mol. The normalized spacial score (nSPS) is 19.0. The zero-order valence-corrected chi connectivity index (χ0v) is 11.5. The van der Waals surface area contributed by atoms with E-state index in [0.29, 0.717) is 4.90 Å². The van der Waals surface area contributed by atoms with E-state index < -0.39 is 9.84 Å². The van der Waals surface area contributed by atoms with E-state index in [0.717, 1.165) is 37.1 Å². The van der Waals surface area contributed by atoms with E-state index in [1.807, 2.05) is 19.1 Å². The van der Waals surface area contributed by atoms with Crippen molar-refractivity contribution in [2.24, 2.45) is 5.73 Å². The molecule has 0 fully saturated rings. The van der Waals surface area contributed by atoms with E-state index >= 15 is 0 Å². The van der Waals surface area contributed by atoms with Gasteiger partial charge in [-0.05, 0) is 49.9 Å². The minimum Gasteiger partial charge on any atom is -0.385 e. The summed E-state index contributed by atoms with van der Waals surface area (Å²) in [6.07, 6.45) is 2.46. The lowest BCUT2D eigenvalue weighted by atomic mass is 10.1. The van der Waals surface area contributed by atoms with Crippen LogP contribution in [0.3, 0.4) is 0 Å². The van der Waals surface area contributed by atoms with Gasteiger partial charge < -0.3 is 11.1 Å². The number of anilines is 1. The molecule has 1 aliphatic rings. The van der Waals surface area contributed by atoms with Crippen LogP contribution in [0.15, 0.2) is 23.1 Å². The summed E-state index contributed by atoms with van der Waals surface area (Å²) in [6, 6.07) is 5.68. The van der Waals surface area contributed by atoms with Gasteiger partial charge in [-0.3, -0.25) is 0 Å². The first-order valence-electron chi connectivity index (χ1n) is 6.34. The van der Waals surface area contributed by atoms with Gasteiger partial charge in [0.2, 0.25) is 0 Å². The first-order valence-corrected chi connectivity index (χ1v) is 7.99. The fourth-order valence-electron chi connectivity index (χ4n) is 2.19. The van der Waals surface area contributed by atoms with Gasteiger partial charge in [-0.15, -0.1) is 0 Å². The Kier molecular flexibility index (Phi) is 3.92. The molecule has 1 unspecified atom stereocenters. The highest BCUT2D eigenvalue weighted by Crippen LogP contribution is 2.27. The Morgan fingerprint density at radius 3 is 2.94 bits per heavy atom. The number of aryl methyl sites for hydroxylation is 1. The maximum atomic E-state index is 11.9. The quantitative estimate of drug-likeness (QED) is 0.869. The minimum absolute atomic E-state index is 0.176. The summed E-state index contributed by atoms with van der Waals surface area (Å²) in [5.41, 5.74) is 7.60. The van der Waals surface area contributed by atoms with Gasteiger partial charge in [0.25, 0.3) is 0 Å². The monoisotopic (exact) mass is 268 g/mol. The summed E-state index contributed by atoms with van der Waals surface area (Å²) in [7, 11) is -3.04. The molecule has 0 bridgehead atoms. The third-order valence-corrected chi connectivity index (χ3v) is 5.08. The molecule has 2 rings (SSSR count). The summed E-state index contributed by atoms with van der Waals surface area (Å²) in [4.78, 5) is 0.506. The third kappa shape index (κ3) is 3.03. The fourth-order valence-corrected chi connectivity index (χ4v) is 3.78. The van der Waals surface area contributed by atoms with Gasteiger partial charge >= 0.3 is 0 Å². The Hall–Kier alpha value is -1.07. The van der Waals surface area contributed by atoms with Crippen molar-refractivity contribution in [1.82, 2.24) is 0 Å². The number of benzene rings is 1. The summed E-state index contributed by atoms with van der Waals surface area (Å²) < 4.78 is 23.7. The second kappa shape index (κ2) is 5.28. The highest BCUT2D eigenvalue weighted by molar-refractivity contribution is 7.91. The summed E-state index contributed by atoms with van der Waals surface area (Å²) in [6.45, 7) is 2.78. The Labute approximate surface area is 108 Å². The molecule has 0 spiro atoms. The van der Waals surface area contributed by atoms with E-state index in [-0.39, 0.29) is 11.8 Å². The van der Waals surface area contributed by atoms with Crippen molar-refractivity contribution in [2.75, 3.05) is 17.6 Å². The molecule has 1 aromatic rings. The molecule has 1 aromatic carbocycles. The van der Waals surface area contributed by atoms with E-state index in [2.05, 4.69) is 5.32 Å². The van der Waals surface area contributed by atoms with Crippen molar-refractivity contribution in [1.29, 1.82) is 0 Å². The molecular formula is C13H20N2O2S. The van der Waals surface area contributed by atoms with Crippen LogP contribution in [0.1, 0.15) is 25.3 Å². The average Bonchev–Trinajstić information content (AvgIpc) is 2.27. The highest BCUT2D eigenvalue weighted by Gasteiger charge is 2.23. The molecule has 100 valence electrons. The van der Waals surface area contributed by atoms with Gasteiger partial charge in [0.15, 0.2) is 9.84 Å². The predicted molar refractivity (Wildman–Crippen MR) is 73.6 cm³/mol. The second-order valence-corrected chi connectivity index (χ2v) is 7.02. The summed E-state index contributed by atoms with van der Waals surface area (Å²) in [5.74, 6) is 0.275. The van der Waals surface area contributed by atoms with Crippen LogP contribution in [0.2, 0.25) is 0 Å². The SMILES string of the molecule is CC(N)CCNc1ccc2c(c1)CCCS2(=O)=O. The molecule has 0 amide bonds. The number of hydrogen-bond acceptors (Lipinski definition) is 4. The Morgan fingerprint density at radius 1 is 1.44 bits per heavy atom. The number of sulfone groups is 1. The van der Waals surface area contributed by atoms with Gasteiger partial charge in [-0.1, -0.05) is 0 Å². The third-order valence-electron chi connectivity index (χ3n) is 3.18. The van der Waals surface area contributed by atoms with E-state index in [9.17, 15) is 8.42 Å². The summed E-state index contributed by atoms with van der Waals surface area (Å²) in [5, 5.41) is 3.28. The van der Waals surface area contributed by atoms with E-state index in [1.165, 1.54) is 0 Å². The fraction of sp³-hybridized carbons (Fsp3) is 0.538. The Balaban J connectivity index is 2.13. The number of nitrogens with two attached hydrogens (primary N) is 1. The van der Waals surface area contributed by atoms with Crippen LogP contribution in [0.25, 0.3) is 0 Å². The molecular weight excluding hydrogens is 248 g/mol. The molecule has 0 radical (unpaired) electrons. The Morgan fingerprint density at radius 2 is 2.22 bits per heavy atom. The molecule has 0 saturated heterocycles. The standard InChI is InChI=1S/C13H20N2O2S/c1-10(14)6-7-15-12-4-5-13-11(9-12)3-2-8-18(13,16)17/h4-5,9-10,15H,2-3,6-8,14H2,1H3. The molecule has 18 heavy (non-hydrogen) atoms. The molecule has 0 saturated carbocycles. The van der Waals surface area contributed by atoms with Crippen LogP contribution < -0.4 is 11.1 Å². The number of fused-ring (bicyclic) bond motifs is 1. The van der Waals surface area contributed by atoms with Crippen LogP contribution in [-0.4, -0.2) is 26.8 Å². The lowest BCUT2D eigenvalue weighted by molar-refractivity contribution is 0.586. The smallest absolute Gasteiger partial charge is 0.178 e. The second-order valence-electron chi connectivity index (χ2n) is 4.94. The van der Waals surface area contributed by atoms with Gasteiger partial charge in [-0.25, -0.2) is 8.42 Å². The lowest BCUT2D eigenvalue weighted by Gasteiger charge is -2.17. The van der Waals surface area contributed by atoms with Gasteiger partial charge in [0, 0.05) is 18.3 Å². The van der Waals surface area contributed by atoms with Crippen molar-refractivity contribution in [3.63, 3.8) is 0 Å². The molecule has 3 N–H and O–H groups in total. The maximum absolute atomic E-state index is 11.9. The van der Waals surface area contributed by atoms with Crippen LogP contribution in [0.4, 0.5) is 5.69 Å². The van der Waals surface area contributed by atoms with Gasteiger partial charge in [0.1, 0.15) is 0 Å². The largest absolute Gasteiger partial charge is 0.385 e. The van der Waals surface area contributed by atoms with Gasteiger partial charge in [-0.2, -0.15) is 0 Å². The molecule has 0 aliphatic carbocycles. The van der Waals surface area contributed by atoms with Crippen molar-refractivity contribution < 1.29 is 8.42 Å². The first-order chi connectivity index (χ1) is 8.49. The zero-order chi connectivity index (χ0) is 13.2. The van der Waals surface area contributed by atoms with E-state index in [4.69, 9.17) is 5.73 Å². The van der Waals surface area contributed by atoms with Crippen molar-refractivity contribution in [2.45, 2.75) is 37.1 Å². The van der Waals surface area contributed by atoms with Crippen LogP contribution in [-0.2, 0) is 16.3 Å². The molecule has 1 atom stereocenters. The molecule has 1 heterocycles. The van der Waals surface area contributed by atoms with Gasteiger partial charge in [0.05, 0.1) is 10.6 Å². The highest BCUT2D eigenvalue weighted by atomic mass is 32.2.